The standard InChI is InChI=1S/C14H16ClN5O/c1-19-12-3-2-6-20(9-10(12)7-17-19)14(21)18-11-4-5-13(15)16-8-11/h4-5,7-8H,2-3,6,9H2,1H3,(H,18,21). The van der Waals surface area contributed by atoms with Crippen molar-refractivity contribution in [3.8, 4) is 0 Å². The molecule has 21 heavy (non-hydrogen) atoms. The number of hydrogen-bond acceptors (Lipinski definition) is 3. The normalized spacial score (nSPS) is 14.5. The van der Waals surface area contributed by atoms with Gasteiger partial charge in [-0.2, -0.15) is 5.10 Å². The number of carbonyl (C=O) groups is 1. The predicted octanol–water partition coefficient (Wildman–Crippen LogP) is 2.45. The molecule has 3 rings (SSSR count). The summed E-state index contributed by atoms with van der Waals surface area (Å²) < 4.78 is 1.89. The number of fused-ring (bicyclic) bond motifs is 1. The lowest BCUT2D eigenvalue weighted by molar-refractivity contribution is 0.210. The second-order valence-corrected chi connectivity index (χ2v) is 5.45. The lowest BCUT2D eigenvalue weighted by Crippen LogP contribution is -2.34. The van der Waals surface area contributed by atoms with E-state index in [0.717, 1.165) is 24.9 Å². The second kappa shape index (κ2) is 5.73. The van der Waals surface area contributed by atoms with Crippen LogP contribution in [-0.4, -0.2) is 32.2 Å². The molecule has 0 aromatic carbocycles. The van der Waals surface area contributed by atoms with E-state index in [9.17, 15) is 4.79 Å². The average molecular weight is 306 g/mol. The SMILES string of the molecule is Cn1ncc2c1CCCN(C(=O)Nc1ccc(Cl)nc1)C2. The zero-order valence-electron chi connectivity index (χ0n) is 11.7. The highest BCUT2D eigenvalue weighted by molar-refractivity contribution is 6.29. The van der Waals surface area contributed by atoms with Crippen molar-refractivity contribution < 1.29 is 4.79 Å². The highest BCUT2D eigenvalue weighted by Gasteiger charge is 2.21. The number of anilines is 1. The smallest absolute Gasteiger partial charge is 0.320 e. The molecule has 0 atom stereocenters. The maximum atomic E-state index is 12.3. The number of urea groups is 1. The number of halogens is 1. The zero-order chi connectivity index (χ0) is 14.8. The Hall–Kier alpha value is -2.08. The third kappa shape index (κ3) is 3.00. The van der Waals surface area contributed by atoms with Gasteiger partial charge in [-0.3, -0.25) is 4.68 Å². The molecule has 2 aromatic rings. The van der Waals surface area contributed by atoms with Crippen molar-refractivity contribution >= 4 is 23.3 Å². The van der Waals surface area contributed by atoms with E-state index >= 15 is 0 Å². The molecule has 2 amide bonds. The quantitative estimate of drug-likeness (QED) is 0.823. The van der Waals surface area contributed by atoms with Crippen LogP contribution < -0.4 is 5.32 Å². The lowest BCUT2D eigenvalue weighted by atomic mass is 10.2. The second-order valence-electron chi connectivity index (χ2n) is 5.06. The van der Waals surface area contributed by atoms with Crippen LogP contribution in [0.5, 0.6) is 0 Å². The van der Waals surface area contributed by atoms with Gasteiger partial charge >= 0.3 is 6.03 Å². The third-order valence-electron chi connectivity index (χ3n) is 3.62. The molecular weight excluding hydrogens is 290 g/mol. The third-order valence-corrected chi connectivity index (χ3v) is 3.84. The fourth-order valence-corrected chi connectivity index (χ4v) is 2.62. The molecular formula is C14H16ClN5O. The van der Waals surface area contributed by atoms with Crippen LogP contribution in [0.2, 0.25) is 5.15 Å². The summed E-state index contributed by atoms with van der Waals surface area (Å²) in [6.45, 7) is 1.30. The Bertz CT molecular complexity index is 652. The number of aromatic nitrogens is 3. The predicted molar refractivity (Wildman–Crippen MR) is 80.2 cm³/mol. The summed E-state index contributed by atoms with van der Waals surface area (Å²) in [5.41, 5.74) is 2.96. The number of hydrogen-bond donors (Lipinski definition) is 1. The Morgan fingerprint density at radius 2 is 2.24 bits per heavy atom. The first-order valence-electron chi connectivity index (χ1n) is 6.81. The van der Waals surface area contributed by atoms with Gasteiger partial charge in [-0.05, 0) is 25.0 Å². The van der Waals surface area contributed by atoms with E-state index in [1.807, 2.05) is 17.9 Å². The monoisotopic (exact) mass is 305 g/mol. The zero-order valence-corrected chi connectivity index (χ0v) is 12.5. The summed E-state index contributed by atoms with van der Waals surface area (Å²) in [5, 5.41) is 7.51. The highest BCUT2D eigenvalue weighted by Crippen LogP contribution is 2.19. The van der Waals surface area contributed by atoms with Gasteiger partial charge in [0.1, 0.15) is 5.15 Å². The summed E-state index contributed by atoms with van der Waals surface area (Å²) in [7, 11) is 1.94. The van der Waals surface area contributed by atoms with Gasteiger partial charge < -0.3 is 10.2 Å². The van der Waals surface area contributed by atoms with E-state index in [-0.39, 0.29) is 6.03 Å². The number of nitrogens with zero attached hydrogens (tertiary/aromatic N) is 4. The minimum absolute atomic E-state index is 0.129. The summed E-state index contributed by atoms with van der Waals surface area (Å²) in [4.78, 5) is 18.1. The van der Waals surface area contributed by atoms with Crippen molar-refractivity contribution in [2.45, 2.75) is 19.4 Å². The van der Waals surface area contributed by atoms with Crippen LogP contribution in [0.3, 0.4) is 0 Å². The topological polar surface area (TPSA) is 63.1 Å². The molecule has 0 bridgehead atoms. The number of amides is 2. The van der Waals surface area contributed by atoms with Crippen LogP contribution in [0.15, 0.2) is 24.5 Å². The van der Waals surface area contributed by atoms with Crippen molar-refractivity contribution in [2.24, 2.45) is 7.05 Å². The van der Waals surface area contributed by atoms with Gasteiger partial charge in [0.15, 0.2) is 0 Å². The number of pyridine rings is 1. The van der Waals surface area contributed by atoms with Gasteiger partial charge in [-0.15, -0.1) is 0 Å². The molecule has 1 aliphatic rings. The van der Waals surface area contributed by atoms with Crippen LogP contribution in [0.25, 0.3) is 0 Å². The van der Waals surface area contributed by atoms with Gasteiger partial charge in [0.05, 0.1) is 24.6 Å². The van der Waals surface area contributed by atoms with E-state index in [0.29, 0.717) is 17.4 Å². The molecule has 0 fully saturated rings. The molecule has 7 heteroatoms. The van der Waals surface area contributed by atoms with Gasteiger partial charge in [0, 0.05) is 24.8 Å². The number of carbonyl (C=O) groups excluding carboxylic acids is 1. The summed E-state index contributed by atoms with van der Waals surface area (Å²) in [5.74, 6) is 0. The first-order chi connectivity index (χ1) is 10.1. The Balaban J connectivity index is 1.71. The first kappa shape index (κ1) is 13.9. The van der Waals surface area contributed by atoms with Gasteiger partial charge in [-0.25, -0.2) is 9.78 Å². The van der Waals surface area contributed by atoms with Crippen molar-refractivity contribution in [1.82, 2.24) is 19.7 Å². The molecule has 2 aromatic heterocycles. The Labute approximate surface area is 127 Å². The summed E-state index contributed by atoms with van der Waals surface area (Å²) in [6.07, 6.45) is 5.26. The number of rotatable bonds is 1. The lowest BCUT2D eigenvalue weighted by Gasteiger charge is -2.20. The molecule has 0 radical (unpaired) electrons. The van der Waals surface area contributed by atoms with Gasteiger partial charge in [0.2, 0.25) is 0 Å². The minimum Gasteiger partial charge on any atom is -0.320 e. The van der Waals surface area contributed by atoms with Crippen molar-refractivity contribution in [3.05, 3.63) is 40.9 Å². The molecule has 0 saturated heterocycles. The Morgan fingerprint density at radius 3 is 3.00 bits per heavy atom. The van der Waals surface area contributed by atoms with Crippen molar-refractivity contribution in [2.75, 3.05) is 11.9 Å². The Kier molecular flexibility index (Phi) is 3.79. The maximum absolute atomic E-state index is 12.3. The van der Waals surface area contributed by atoms with Crippen molar-refractivity contribution in [3.63, 3.8) is 0 Å². The summed E-state index contributed by atoms with van der Waals surface area (Å²) in [6, 6.07) is 3.26. The number of aryl methyl sites for hydroxylation is 1. The van der Waals surface area contributed by atoms with E-state index < -0.39 is 0 Å². The molecule has 1 N–H and O–H groups in total. The Morgan fingerprint density at radius 1 is 1.38 bits per heavy atom. The van der Waals surface area contributed by atoms with E-state index in [1.165, 1.54) is 5.69 Å². The van der Waals surface area contributed by atoms with Crippen LogP contribution >= 0.6 is 11.6 Å². The first-order valence-corrected chi connectivity index (χ1v) is 7.18. The van der Waals surface area contributed by atoms with E-state index in [1.54, 1.807) is 23.2 Å². The van der Waals surface area contributed by atoms with E-state index in [2.05, 4.69) is 15.4 Å². The minimum atomic E-state index is -0.129. The van der Waals surface area contributed by atoms with Crippen LogP contribution in [0.4, 0.5) is 10.5 Å². The summed E-state index contributed by atoms with van der Waals surface area (Å²) >= 11 is 5.73. The van der Waals surface area contributed by atoms with Crippen LogP contribution in [-0.2, 0) is 20.0 Å². The average Bonchev–Trinajstić information content (AvgIpc) is 2.71. The van der Waals surface area contributed by atoms with E-state index in [4.69, 9.17) is 11.6 Å². The molecule has 0 unspecified atom stereocenters. The van der Waals surface area contributed by atoms with Gasteiger partial charge in [0.25, 0.3) is 0 Å². The van der Waals surface area contributed by atoms with Crippen LogP contribution in [0, 0.1) is 0 Å². The molecule has 3 heterocycles. The largest absolute Gasteiger partial charge is 0.322 e. The fraction of sp³-hybridized carbons (Fsp3) is 0.357. The number of nitrogens with one attached hydrogen (secondary N) is 1. The van der Waals surface area contributed by atoms with Crippen LogP contribution in [0.1, 0.15) is 17.7 Å². The molecule has 110 valence electrons. The highest BCUT2D eigenvalue weighted by atomic mass is 35.5. The van der Waals surface area contributed by atoms with Crippen molar-refractivity contribution in [1.29, 1.82) is 0 Å². The molecule has 0 saturated carbocycles. The fourth-order valence-electron chi connectivity index (χ4n) is 2.51. The molecule has 0 aliphatic carbocycles. The maximum Gasteiger partial charge on any atom is 0.322 e. The van der Waals surface area contributed by atoms with Gasteiger partial charge in [-0.1, -0.05) is 11.6 Å². The molecule has 6 nitrogen and oxygen atoms in total. The molecule has 1 aliphatic heterocycles. The molecule has 0 spiro atoms.